The van der Waals surface area contributed by atoms with Gasteiger partial charge in [0.1, 0.15) is 0 Å². The van der Waals surface area contributed by atoms with Crippen LogP contribution in [0.1, 0.15) is 47.2 Å². The molecular weight excluding hydrogens is 773 g/mol. The van der Waals surface area contributed by atoms with Crippen LogP contribution in [-0.4, -0.2) is 4.57 Å². The van der Waals surface area contributed by atoms with E-state index in [0.29, 0.717) is 0 Å². The van der Waals surface area contributed by atoms with Crippen LogP contribution in [0.15, 0.2) is 218 Å². The summed E-state index contributed by atoms with van der Waals surface area (Å²) in [7, 11) is 0. The molecule has 0 fully saturated rings. The number of hydrogen-bond donors (Lipinski definition) is 0. The average Bonchev–Trinajstić information content (AvgIpc) is 4.02. The molecule has 0 radical (unpaired) electrons. The third-order valence-electron chi connectivity index (χ3n) is 15.0. The smallest absolute Gasteiger partial charge is 0.0726 e. The second-order valence-corrected chi connectivity index (χ2v) is 18.4. The quantitative estimate of drug-likeness (QED) is 0.172. The molecule has 0 bridgehead atoms. The van der Waals surface area contributed by atoms with E-state index in [1.807, 2.05) is 0 Å². The van der Waals surface area contributed by atoms with Gasteiger partial charge in [-0.05, 0) is 138 Å². The van der Waals surface area contributed by atoms with Crippen LogP contribution in [0.3, 0.4) is 0 Å². The highest BCUT2D eigenvalue weighted by Crippen LogP contribution is 2.63. The Morgan fingerprint density at radius 3 is 1.52 bits per heavy atom. The van der Waals surface area contributed by atoms with Crippen molar-refractivity contribution in [2.75, 3.05) is 4.90 Å². The normalized spacial score (nSPS) is 14.3. The molecular formula is C62H42N2. The summed E-state index contributed by atoms with van der Waals surface area (Å²) >= 11 is 0. The minimum Gasteiger partial charge on any atom is -0.310 e. The predicted molar refractivity (Wildman–Crippen MR) is 267 cm³/mol. The van der Waals surface area contributed by atoms with Gasteiger partial charge in [0.15, 0.2) is 0 Å². The lowest BCUT2D eigenvalue weighted by atomic mass is 9.70. The van der Waals surface area contributed by atoms with Crippen LogP contribution in [0, 0.1) is 0 Å². The van der Waals surface area contributed by atoms with Gasteiger partial charge in [0, 0.05) is 38.9 Å². The summed E-state index contributed by atoms with van der Waals surface area (Å²) in [5, 5.41) is 5.15. The first kappa shape index (κ1) is 35.6. The predicted octanol–water partition coefficient (Wildman–Crippen LogP) is 16.1. The second kappa shape index (κ2) is 12.8. The van der Waals surface area contributed by atoms with Crippen molar-refractivity contribution < 1.29 is 0 Å². The minimum absolute atomic E-state index is 0.245. The highest BCUT2D eigenvalue weighted by molar-refractivity contribution is 6.21. The van der Waals surface area contributed by atoms with Crippen LogP contribution in [0.5, 0.6) is 0 Å². The maximum absolute atomic E-state index is 2.50. The molecule has 0 saturated carbocycles. The lowest BCUT2D eigenvalue weighted by molar-refractivity contribution is 0.660. The highest BCUT2D eigenvalue weighted by Gasteiger charge is 2.51. The summed E-state index contributed by atoms with van der Waals surface area (Å²) in [4.78, 5) is 2.47. The average molecular weight is 815 g/mol. The number of para-hydroxylation sites is 2. The van der Waals surface area contributed by atoms with Crippen LogP contribution in [-0.2, 0) is 10.8 Å². The topological polar surface area (TPSA) is 8.17 Å². The van der Waals surface area contributed by atoms with E-state index >= 15 is 0 Å². The Labute approximate surface area is 372 Å². The largest absolute Gasteiger partial charge is 0.310 e. The van der Waals surface area contributed by atoms with Gasteiger partial charge in [-0.2, -0.15) is 0 Å². The number of aromatic nitrogens is 1. The molecule has 3 aliphatic rings. The van der Waals surface area contributed by atoms with Gasteiger partial charge in [-0.1, -0.05) is 172 Å². The van der Waals surface area contributed by atoms with Gasteiger partial charge in [-0.3, -0.25) is 0 Å². The Bertz CT molecular complexity index is 3710. The molecule has 0 atom stereocenters. The van der Waals surface area contributed by atoms with Gasteiger partial charge in [-0.15, -0.1) is 0 Å². The molecule has 3 aliphatic carbocycles. The van der Waals surface area contributed by atoms with Crippen LogP contribution < -0.4 is 4.90 Å². The van der Waals surface area contributed by atoms with Crippen molar-refractivity contribution in [1.29, 1.82) is 0 Å². The van der Waals surface area contributed by atoms with Gasteiger partial charge < -0.3 is 9.47 Å². The number of benzene rings is 10. The van der Waals surface area contributed by atoms with Crippen molar-refractivity contribution in [1.82, 2.24) is 4.57 Å². The maximum Gasteiger partial charge on any atom is 0.0726 e. The zero-order valence-electron chi connectivity index (χ0n) is 35.7. The molecule has 64 heavy (non-hydrogen) atoms. The van der Waals surface area contributed by atoms with Crippen LogP contribution in [0.25, 0.3) is 71.6 Å². The number of anilines is 3. The molecule has 14 rings (SSSR count). The summed E-state index contributed by atoms with van der Waals surface area (Å²) < 4.78 is 2.47. The third kappa shape index (κ3) is 4.54. The monoisotopic (exact) mass is 814 g/mol. The molecule has 0 saturated heterocycles. The van der Waals surface area contributed by atoms with E-state index in [4.69, 9.17) is 0 Å². The van der Waals surface area contributed by atoms with Crippen LogP contribution in [0.4, 0.5) is 17.1 Å². The summed E-state index contributed by atoms with van der Waals surface area (Å²) in [6.45, 7) is 4.81. The van der Waals surface area contributed by atoms with E-state index < -0.39 is 5.41 Å². The number of rotatable bonds is 4. The molecule has 0 N–H and O–H groups in total. The van der Waals surface area contributed by atoms with Crippen LogP contribution in [0.2, 0.25) is 0 Å². The van der Waals surface area contributed by atoms with E-state index in [-0.39, 0.29) is 5.41 Å². The zero-order valence-corrected chi connectivity index (χ0v) is 35.7. The molecule has 0 amide bonds. The summed E-state index contributed by atoms with van der Waals surface area (Å²) in [6, 6.07) is 81.9. The lowest BCUT2D eigenvalue weighted by Gasteiger charge is -2.32. The van der Waals surface area contributed by atoms with Gasteiger partial charge in [-0.25, -0.2) is 0 Å². The van der Waals surface area contributed by atoms with Gasteiger partial charge in [0.05, 0.1) is 16.4 Å². The van der Waals surface area contributed by atoms with Crippen molar-refractivity contribution in [2.45, 2.75) is 24.7 Å². The first-order valence-corrected chi connectivity index (χ1v) is 22.5. The molecule has 0 unspecified atom stereocenters. The molecule has 1 spiro atoms. The Hall–Kier alpha value is -7.94. The zero-order chi connectivity index (χ0) is 42.3. The van der Waals surface area contributed by atoms with E-state index in [2.05, 4.69) is 242 Å². The minimum atomic E-state index is -0.416. The first-order valence-electron chi connectivity index (χ1n) is 22.5. The Kier molecular flexibility index (Phi) is 7.13. The third-order valence-corrected chi connectivity index (χ3v) is 15.0. The molecule has 1 heterocycles. The van der Waals surface area contributed by atoms with Gasteiger partial charge >= 0.3 is 0 Å². The lowest BCUT2D eigenvalue weighted by Crippen LogP contribution is -2.26. The van der Waals surface area contributed by atoms with E-state index in [9.17, 15) is 0 Å². The standard InChI is InChI=1S/C62H42N2/c1-61(2)55-36-41(29-32-48(55)49-33-31-43(37-56(49)61)64-58-27-15-11-23-51(58)60-44-19-7-6-16-39(44)28-35-59(60)64)63(40-17-4-3-5-18-40)42-30-34-50-47-22-10-14-26-54(47)62(57(50)38-42)52-24-12-8-20-45(52)46-21-9-13-25-53(46)62/h3-38H,1-2H3. The Morgan fingerprint density at radius 2 is 0.844 bits per heavy atom. The summed E-state index contributed by atoms with van der Waals surface area (Å²) in [6.07, 6.45) is 0. The van der Waals surface area contributed by atoms with Crippen molar-refractivity contribution in [2.24, 2.45) is 0 Å². The highest BCUT2D eigenvalue weighted by atomic mass is 15.1. The molecule has 11 aromatic rings. The number of fused-ring (bicyclic) bond motifs is 18. The van der Waals surface area contributed by atoms with Crippen molar-refractivity contribution in [3.8, 4) is 39.1 Å². The maximum atomic E-state index is 2.50. The molecule has 300 valence electrons. The SMILES string of the molecule is CC1(C)c2cc(N(c3ccccc3)c3ccc4c(c3)C3(c5ccccc5-c5ccccc53)c3ccccc3-4)ccc2-c2ccc(-n3c4ccccc4c4c5ccccc5ccc43)cc21. The van der Waals surface area contributed by atoms with Crippen molar-refractivity contribution in [3.05, 3.63) is 252 Å². The number of hydrogen-bond acceptors (Lipinski definition) is 1. The molecule has 2 heteroatoms. The van der Waals surface area contributed by atoms with E-state index in [1.54, 1.807) is 0 Å². The van der Waals surface area contributed by atoms with E-state index in [0.717, 1.165) is 17.1 Å². The fourth-order valence-electron chi connectivity index (χ4n) is 12.3. The molecule has 2 nitrogen and oxygen atoms in total. The molecule has 10 aromatic carbocycles. The van der Waals surface area contributed by atoms with Crippen molar-refractivity contribution >= 4 is 49.6 Å². The van der Waals surface area contributed by atoms with Gasteiger partial charge in [0.25, 0.3) is 0 Å². The molecule has 1 aromatic heterocycles. The summed E-state index contributed by atoms with van der Waals surface area (Å²) in [5.41, 5.74) is 22.4. The first-order chi connectivity index (χ1) is 31.5. The fraction of sp³-hybridized carbons (Fsp3) is 0.0645. The molecule has 0 aliphatic heterocycles. The number of nitrogens with zero attached hydrogens (tertiary/aromatic N) is 2. The van der Waals surface area contributed by atoms with E-state index in [1.165, 1.54) is 105 Å². The van der Waals surface area contributed by atoms with Gasteiger partial charge in [0.2, 0.25) is 0 Å². The van der Waals surface area contributed by atoms with Crippen LogP contribution >= 0.6 is 0 Å². The Balaban J connectivity index is 0.932. The van der Waals surface area contributed by atoms with Crippen molar-refractivity contribution in [3.63, 3.8) is 0 Å². The second-order valence-electron chi connectivity index (χ2n) is 18.4. The Morgan fingerprint density at radius 1 is 0.344 bits per heavy atom. The summed E-state index contributed by atoms with van der Waals surface area (Å²) in [5.74, 6) is 0. The fourth-order valence-corrected chi connectivity index (χ4v) is 12.3.